The molecule has 0 aromatic carbocycles. The average molecular weight is 155 g/mol. The largest absolute Gasteiger partial charge is 0.350 e. The van der Waals surface area contributed by atoms with Crippen LogP contribution in [0.25, 0.3) is 0 Å². The summed E-state index contributed by atoms with van der Waals surface area (Å²) >= 11 is 0. The van der Waals surface area contributed by atoms with Gasteiger partial charge in [-0.3, -0.25) is 9.59 Å². The summed E-state index contributed by atoms with van der Waals surface area (Å²) in [4.78, 5) is 21.2. The number of carbonyl (C=O) groups excluding carboxylic acids is 2. The van der Waals surface area contributed by atoms with Crippen molar-refractivity contribution >= 4 is 11.7 Å². The minimum absolute atomic E-state index is 0.0712. The van der Waals surface area contributed by atoms with Gasteiger partial charge in [-0.25, -0.2) is 0 Å². The van der Waals surface area contributed by atoms with E-state index in [1.165, 1.54) is 13.0 Å². The van der Waals surface area contributed by atoms with Gasteiger partial charge in [-0.2, -0.15) is 0 Å². The molecule has 0 aromatic rings. The number of Topliss-reactive ketones (excluding diaryl/α,β-unsaturated/α-hetero) is 1. The van der Waals surface area contributed by atoms with Crippen LogP contribution in [0.2, 0.25) is 0 Å². The van der Waals surface area contributed by atoms with E-state index in [4.69, 9.17) is 0 Å². The zero-order chi connectivity index (χ0) is 8.85. The lowest BCUT2D eigenvalue weighted by Gasteiger charge is -2.09. The van der Waals surface area contributed by atoms with Crippen molar-refractivity contribution in [3.05, 3.63) is 12.7 Å². The van der Waals surface area contributed by atoms with Gasteiger partial charge in [0.1, 0.15) is 5.78 Å². The first kappa shape index (κ1) is 9.88. The zero-order valence-electron chi connectivity index (χ0n) is 6.89. The summed E-state index contributed by atoms with van der Waals surface area (Å²) in [5.41, 5.74) is 0. The maximum Gasteiger partial charge on any atom is 0.243 e. The normalized spacial score (nSPS) is 11.8. The SMILES string of the molecule is C=CC(=O)NC(C)CC(C)=O. The lowest BCUT2D eigenvalue weighted by molar-refractivity contribution is -0.118. The predicted molar refractivity (Wildman–Crippen MR) is 43.1 cm³/mol. The van der Waals surface area contributed by atoms with Gasteiger partial charge in [0.25, 0.3) is 0 Å². The average Bonchev–Trinajstić information content (AvgIpc) is 1.85. The minimum atomic E-state index is -0.237. The van der Waals surface area contributed by atoms with Crippen LogP contribution in [-0.2, 0) is 9.59 Å². The molecule has 1 unspecified atom stereocenters. The summed E-state index contributed by atoms with van der Waals surface area (Å²) in [5, 5.41) is 2.58. The van der Waals surface area contributed by atoms with E-state index in [2.05, 4.69) is 11.9 Å². The van der Waals surface area contributed by atoms with Crippen molar-refractivity contribution in [2.75, 3.05) is 0 Å². The Labute approximate surface area is 66.5 Å². The first-order chi connectivity index (χ1) is 5.06. The van der Waals surface area contributed by atoms with Crippen molar-refractivity contribution in [1.82, 2.24) is 5.32 Å². The lowest BCUT2D eigenvalue weighted by atomic mass is 10.2. The number of carbonyl (C=O) groups is 2. The van der Waals surface area contributed by atoms with Crippen LogP contribution in [0.5, 0.6) is 0 Å². The number of nitrogens with one attached hydrogen (secondary N) is 1. The molecular weight excluding hydrogens is 142 g/mol. The fraction of sp³-hybridized carbons (Fsp3) is 0.500. The Morgan fingerprint density at radius 3 is 2.55 bits per heavy atom. The molecule has 1 N–H and O–H groups in total. The first-order valence-corrected chi connectivity index (χ1v) is 3.48. The molecule has 0 saturated heterocycles. The lowest BCUT2D eigenvalue weighted by Crippen LogP contribution is -2.32. The van der Waals surface area contributed by atoms with Gasteiger partial charge in [-0.05, 0) is 19.9 Å². The second-order valence-corrected chi connectivity index (χ2v) is 2.52. The highest BCUT2D eigenvalue weighted by Crippen LogP contribution is 1.90. The van der Waals surface area contributed by atoms with Gasteiger partial charge in [0.15, 0.2) is 0 Å². The van der Waals surface area contributed by atoms with E-state index in [0.717, 1.165) is 0 Å². The predicted octanol–water partition coefficient (Wildman–Crippen LogP) is 0.656. The highest BCUT2D eigenvalue weighted by atomic mass is 16.1. The van der Waals surface area contributed by atoms with Gasteiger partial charge in [0.05, 0.1) is 0 Å². The van der Waals surface area contributed by atoms with Crippen molar-refractivity contribution in [3.63, 3.8) is 0 Å². The van der Waals surface area contributed by atoms with E-state index in [1.54, 1.807) is 6.92 Å². The molecule has 62 valence electrons. The Balaban J connectivity index is 3.68. The minimum Gasteiger partial charge on any atom is -0.350 e. The smallest absolute Gasteiger partial charge is 0.243 e. The molecule has 1 amide bonds. The summed E-state index contributed by atoms with van der Waals surface area (Å²) in [6, 6.07) is -0.0991. The molecule has 0 heterocycles. The fourth-order valence-corrected chi connectivity index (χ4v) is 0.784. The Morgan fingerprint density at radius 1 is 1.64 bits per heavy atom. The quantitative estimate of drug-likeness (QED) is 0.606. The highest BCUT2D eigenvalue weighted by Gasteiger charge is 2.05. The molecule has 3 nitrogen and oxygen atoms in total. The van der Waals surface area contributed by atoms with E-state index >= 15 is 0 Å². The molecule has 3 heteroatoms. The van der Waals surface area contributed by atoms with Crippen LogP contribution >= 0.6 is 0 Å². The molecule has 0 aromatic heterocycles. The molecule has 11 heavy (non-hydrogen) atoms. The monoisotopic (exact) mass is 155 g/mol. The maximum atomic E-state index is 10.7. The van der Waals surface area contributed by atoms with Crippen molar-refractivity contribution < 1.29 is 9.59 Å². The van der Waals surface area contributed by atoms with Crippen molar-refractivity contribution in [2.45, 2.75) is 26.3 Å². The van der Waals surface area contributed by atoms with Crippen LogP contribution in [-0.4, -0.2) is 17.7 Å². The third-order valence-corrected chi connectivity index (χ3v) is 1.17. The van der Waals surface area contributed by atoms with E-state index in [1.807, 2.05) is 0 Å². The van der Waals surface area contributed by atoms with E-state index < -0.39 is 0 Å². The summed E-state index contributed by atoms with van der Waals surface area (Å²) in [6.07, 6.45) is 1.57. The molecule has 1 atom stereocenters. The third kappa shape index (κ3) is 5.33. The molecule has 0 aliphatic rings. The molecule has 0 spiro atoms. The van der Waals surface area contributed by atoms with Crippen LogP contribution in [0.4, 0.5) is 0 Å². The van der Waals surface area contributed by atoms with Gasteiger partial charge in [0, 0.05) is 12.5 Å². The Kier molecular flexibility index (Phi) is 4.18. The number of ketones is 1. The number of rotatable bonds is 4. The molecule has 0 aliphatic heterocycles. The summed E-state index contributed by atoms with van der Waals surface area (Å²) in [6.45, 7) is 6.57. The van der Waals surface area contributed by atoms with Gasteiger partial charge in [-0.1, -0.05) is 6.58 Å². The van der Waals surface area contributed by atoms with Crippen LogP contribution in [0, 0.1) is 0 Å². The zero-order valence-corrected chi connectivity index (χ0v) is 6.89. The third-order valence-electron chi connectivity index (χ3n) is 1.17. The van der Waals surface area contributed by atoms with Crippen LogP contribution < -0.4 is 5.32 Å². The molecule has 0 bridgehead atoms. The van der Waals surface area contributed by atoms with Gasteiger partial charge >= 0.3 is 0 Å². The topological polar surface area (TPSA) is 46.2 Å². The second kappa shape index (κ2) is 4.66. The van der Waals surface area contributed by atoms with Crippen LogP contribution in [0.15, 0.2) is 12.7 Å². The van der Waals surface area contributed by atoms with E-state index in [-0.39, 0.29) is 17.7 Å². The number of amides is 1. The standard InChI is InChI=1S/C8H13NO2/c1-4-8(11)9-6(2)5-7(3)10/h4,6H,1,5H2,2-3H3,(H,9,11). The van der Waals surface area contributed by atoms with Crippen LogP contribution in [0.3, 0.4) is 0 Å². The number of hydrogen-bond acceptors (Lipinski definition) is 2. The van der Waals surface area contributed by atoms with Gasteiger partial charge < -0.3 is 5.32 Å². The number of hydrogen-bond donors (Lipinski definition) is 1. The molecular formula is C8H13NO2. The fourth-order valence-electron chi connectivity index (χ4n) is 0.784. The van der Waals surface area contributed by atoms with Gasteiger partial charge in [-0.15, -0.1) is 0 Å². The molecule has 0 aliphatic carbocycles. The van der Waals surface area contributed by atoms with Crippen molar-refractivity contribution in [2.24, 2.45) is 0 Å². The molecule has 0 rings (SSSR count). The highest BCUT2D eigenvalue weighted by molar-refractivity contribution is 5.87. The van der Waals surface area contributed by atoms with Crippen molar-refractivity contribution in [3.8, 4) is 0 Å². The van der Waals surface area contributed by atoms with Gasteiger partial charge in [0.2, 0.25) is 5.91 Å². The Hall–Kier alpha value is -1.12. The Morgan fingerprint density at radius 2 is 2.18 bits per heavy atom. The second-order valence-electron chi connectivity index (χ2n) is 2.52. The summed E-state index contributed by atoms with van der Waals surface area (Å²) in [7, 11) is 0. The van der Waals surface area contributed by atoms with Crippen molar-refractivity contribution in [1.29, 1.82) is 0 Å². The summed E-state index contributed by atoms with van der Waals surface area (Å²) < 4.78 is 0. The molecule has 0 radical (unpaired) electrons. The van der Waals surface area contributed by atoms with Crippen LogP contribution in [0.1, 0.15) is 20.3 Å². The first-order valence-electron chi connectivity index (χ1n) is 3.48. The Bertz CT molecular complexity index is 175. The molecule has 0 saturated carbocycles. The maximum absolute atomic E-state index is 10.7. The summed E-state index contributed by atoms with van der Waals surface area (Å²) in [5.74, 6) is -0.166. The molecule has 0 fully saturated rings. The van der Waals surface area contributed by atoms with E-state index in [9.17, 15) is 9.59 Å². The van der Waals surface area contributed by atoms with E-state index in [0.29, 0.717) is 6.42 Å².